The summed E-state index contributed by atoms with van der Waals surface area (Å²) in [6.07, 6.45) is 0. The number of urea groups is 1. The minimum atomic E-state index is -1.03. The van der Waals surface area contributed by atoms with Gasteiger partial charge in [-0.15, -0.1) is 0 Å². The van der Waals surface area contributed by atoms with Crippen molar-refractivity contribution < 1.29 is 14.7 Å². The lowest BCUT2D eigenvalue weighted by Gasteiger charge is -2.18. The van der Waals surface area contributed by atoms with Crippen molar-refractivity contribution in [3.05, 3.63) is 35.4 Å². The summed E-state index contributed by atoms with van der Waals surface area (Å²) in [5.74, 6) is -0.724. The van der Waals surface area contributed by atoms with Crippen LogP contribution in [0.15, 0.2) is 24.3 Å². The molecule has 116 valence electrons. The molecule has 0 heterocycles. The van der Waals surface area contributed by atoms with Crippen LogP contribution >= 0.6 is 0 Å². The first-order valence-electron chi connectivity index (χ1n) is 7.17. The molecule has 0 bridgehead atoms. The molecule has 0 saturated carbocycles. The van der Waals surface area contributed by atoms with Gasteiger partial charge in [0.1, 0.15) is 6.04 Å². The Labute approximate surface area is 125 Å². The number of carboxylic acids is 1. The van der Waals surface area contributed by atoms with Gasteiger partial charge in [-0.05, 0) is 23.0 Å². The molecule has 0 spiro atoms. The Balaban J connectivity index is 2.51. The van der Waals surface area contributed by atoms with Crippen LogP contribution in [0, 0.1) is 5.92 Å². The van der Waals surface area contributed by atoms with Gasteiger partial charge in [-0.2, -0.15) is 0 Å². The molecule has 0 aromatic heterocycles. The van der Waals surface area contributed by atoms with Crippen molar-refractivity contribution in [1.82, 2.24) is 10.6 Å². The molecule has 5 heteroatoms. The SMILES string of the molecule is CC(C)c1ccc(CNC(=O)N[C@H](C(=O)O)C(C)C)cc1. The number of rotatable bonds is 6. The summed E-state index contributed by atoms with van der Waals surface area (Å²) in [5.41, 5.74) is 2.22. The molecule has 1 atom stereocenters. The predicted molar refractivity (Wildman–Crippen MR) is 82.2 cm³/mol. The fourth-order valence-electron chi connectivity index (χ4n) is 1.91. The van der Waals surface area contributed by atoms with Crippen molar-refractivity contribution in [3.63, 3.8) is 0 Å². The first-order valence-corrected chi connectivity index (χ1v) is 7.17. The molecule has 0 aliphatic rings. The second kappa shape index (κ2) is 7.67. The van der Waals surface area contributed by atoms with E-state index in [-0.39, 0.29) is 5.92 Å². The zero-order valence-corrected chi connectivity index (χ0v) is 13.0. The first-order chi connectivity index (χ1) is 9.81. The summed E-state index contributed by atoms with van der Waals surface area (Å²) in [6.45, 7) is 8.12. The maximum atomic E-state index is 11.7. The minimum Gasteiger partial charge on any atom is -0.480 e. The molecule has 0 unspecified atom stereocenters. The fraction of sp³-hybridized carbons (Fsp3) is 0.500. The molecule has 0 aliphatic heterocycles. The molecule has 1 rings (SSSR count). The molecule has 3 N–H and O–H groups in total. The number of hydrogen-bond donors (Lipinski definition) is 3. The van der Waals surface area contributed by atoms with Crippen LogP contribution in [0.5, 0.6) is 0 Å². The number of aliphatic carboxylic acids is 1. The lowest BCUT2D eigenvalue weighted by molar-refractivity contribution is -0.140. The highest BCUT2D eigenvalue weighted by molar-refractivity contribution is 5.82. The summed E-state index contributed by atoms with van der Waals surface area (Å²) < 4.78 is 0. The molecule has 1 aromatic rings. The van der Waals surface area contributed by atoms with E-state index in [1.54, 1.807) is 13.8 Å². The molecule has 5 nitrogen and oxygen atoms in total. The monoisotopic (exact) mass is 292 g/mol. The summed E-state index contributed by atoms with van der Waals surface area (Å²) in [6, 6.07) is 6.65. The number of carbonyl (C=O) groups excluding carboxylic acids is 1. The van der Waals surface area contributed by atoms with Crippen LogP contribution in [0.1, 0.15) is 44.7 Å². The van der Waals surface area contributed by atoms with Crippen LogP contribution in [0.4, 0.5) is 4.79 Å². The van der Waals surface area contributed by atoms with Gasteiger partial charge in [0.05, 0.1) is 0 Å². The lowest BCUT2D eigenvalue weighted by Crippen LogP contribution is -2.48. The lowest BCUT2D eigenvalue weighted by atomic mass is 10.0. The van der Waals surface area contributed by atoms with Gasteiger partial charge in [0.2, 0.25) is 0 Å². The fourth-order valence-corrected chi connectivity index (χ4v) is 1.91. The van der Waals surface area contributed by atoms with E-state index >= 15 is 0 Å². The van der Waals surface area contributed by atoms with Crippen molar-refractivity contribution in [2.75, 3.05) is 0 Å². The van der Waals surface area contributed by atoms with Crippen molar-refractivity contribution in [3.8, 4) is 0 Å². The number of amides is 2. The van der Waals surface area contributed by atoms with Gasteiger partial charge in [-0.1, -0.05) is 52.0 Å². The highest BCUT2D eigenvalue weighted by atomic mass is 16.4. The molecule has 0 fully saturated rings. The third kappa shape index (κ3) is 5.45. The van der Waals surface area contributed by atoms with Gasteiger partial charge in [-0.25, -0.2) is 9.59 Å². The van der Waals surface area contributed by atoms with Crippen LogP contribution in [0.3, 0.4) is 0 Å². The smallest absolute Gasteiger partial charge is 0.326 e. The first kappa shape index (κ1) is 17.0. The summed E-state index contributed by atoms with van der Waals surface area (Å²) in [5, 5.41) is 14.2. The van der Waals surface area contributed by atoms with E-state index < -0.39 is 18.0 Å². The predicted octanol–water partition coefficient (Wildman–Crippen LogP) is 2.72. The maximum absolute atomic E-state index is 11.7. The number of hydrogen-bond acceptors (Lipinski definition) is 2. The zero-order chi connectivity index (χ0) is 16.0. The maximum Gasteiger partial charge on any atom is 0.326 e. The molecular weight excluding hydrogens is 268 g/mol. The molecular formula is C16H24N2O3. The highest BCUT2D eigenvalue weighted by Crippen LogP contribution is 2.14. The van der Waals surface area contributed by atoms with Gasteiger partial charge in [0, 0.05) is 6.54 Å². The Morgan fingerprint density at radius 1 is 1.10 bits per heavy atom. The van der Waals surface area contributed by atoms with Crippen LogP contribution < -0.4 is 10.6 Å². The normalized spacial score (nSPS) is 12.3. The number of carboxylic acid groups (broad SMARTS) is 1. The Morgan fingerprint density at radius 2 is 1.67 bits per heavy atom. The van der Waals surface area contributed by atoms with Crippen LogP contribution in [-0.4, -0.2) is 23.1 Å². The Bertz CT molecular complexity index is 481. The molecule has 0 aliphatic carbocycles. The van der Waals surface area contributed by atoms with Gasteiger partial charge in [-0.3, -0.25) is 0 Å². The quantitative estimate of drug-likeness (QED) is 0.754. The Hall–Kier alpha value is -2.04. The molecule has 2 amide bonds. The summed E-state index contributed by atoms with van der Waals surface area (Å²) in [7, 11) is 0. The van der Waals surface area contributed by atoms with Crippen LogP contribution in [-0.2, 0) is 11.3 Å². The van der Waals surface area contributed by atoms with Crippen molar-refractivity contribution in [1.29, 1.82) is 0 Å². The van der Waals surface area contributed by atoms with E-state index in [1.165, 1.54) is 5.56 Å². The highest BCUT2D eigenvalue weighted by Gasteiger charge is 2.23. The summed E-state index contributed by atoms with van der Waals surface area (Å²) in [4.78, 5) is 22.7. The molecule has 0 saturated heterocycles. The van der Waals surface area contributed by atoms with E-state index in [2.05, 4.69) is 24.5 Å². The van der Waals surface area contributed by atoms with Gasteiger partial charge < -0.3 is 15.7 Å². The van der Waals surface area contributed by atoms with Gasteiger partial charge >= 0.3 is 12.0 Å². The number of nitrogens with one attached hydrogen (secondary N) is 2. The molecule has 21 heavy (non-hydrogen) atoms. The van der Waals surface area contributed by atoms with E-state index in [1.807, 2.05) is 24.3 Å². The second-order valence-corrected chi connectivity index (χ2v) is 5.78. The average molecular weight is 292 g/mol. The van der Waals surface area contributed by atoms with Gasteiger partial charge in [0.15, 0.2) is 0 Å². The third-order valence-corrected chi connectivity index (χ3v) is 3.32. The van der Waals surface area contributed by atoms with E-state index in [0.717, 1.165) is 5.56 Å². The zero-order valence-electron chi connectivity index (χ0n) is 13.0. The number of benzene rings is 1. The minimum absolute atomic E-state index is 0.168. The second-order valence-electron chi connectivity index (χ2n) is 5.78. The summed E-state index contributed by atoms with van der Waals surface area (Å²) >= 11 is 0. The number of carbonyl (C=O) groups is 2. The van der Waals surface area contributed by atoms with Crippen LogP contribution in [0.25, 0.3) is 0 Å². The molecule has 1 aromatic carbocycles. The van der Waals surface area contributed by atoms with Gasteiger partial charge in [0.25, 0.3) is 0 Å². The van der Waals surface area contributed by atoms with E-state index in [4.69, 9.17) is 5.11 Å². The standard InChI is InChI=1S/C16H24N2O3/c1-10(2)13-7-5-12(6-8-13)9-17-16(21)18-14(11(3)4)15(19)20/h5-8,10-11,14H,9H2,1-4H3,(H,19,20)(H2,17,18,21)/t14-/m0/s1. The van der Waals surface area contributed by atoms with E-state index in [0.29, 0.717) is 12.5 Å². The topological polar surface area (TPSA) is 78.4 Å². The van der Waals surface area contributed by atoms with E-state index in [9.17, 15) is 9.59 Å². The van der Waals surface area contributed by atoms with Crippen molar-refractivity contribution in [2.45, 2.75) is 46.2 Å². The average Bonchev–Trinajstić information content (AvgIpc) is 2.42. The molecule has 0 radical (unpaired) electrons. The Kier molecular flexibility index (Phi) is 6.21. The van der Waals surface area contributed by atoms with Crippen LogP contribution in [0.2, 0.25) is 0 Å². The third-order valence-electron chi connectivity index (χ3n) is 3.32. The Morgan fingerprint density at radius 3 is 2.10 bits per heavy atom. The largest absolute Gasteiger partial charge is 0.480 e. The van der Waals surface area contributed by atoms with Crippen molar-refractivity contribution >= 4 is 12.0 Å². The van der Waals surface area contributed by atoms with Crippen molar-refractivity contribution in [2.24, 2.45) is 5.92 Å².